The summed E-state index contributed by atoms with van der Waals surface area (Å²) in [6, 6.07) is 11.9. The zero-order valence-electron chi connectivity index (χ0n) is 17.5. The fourth-order valence-corrected chi connectivity index (χ4v) is 3.71. The van der Waals surface area contributed by atoms with Crippen molar-refractivity contribution in [1.29, 1.82) is 0 Å². The normalized spacial score (nSPS) is 21.3. The summed E-state index contributed by atoms with van der Waals surface area (Å²) in [5.74, 6) is 0.648. The number of morpholine rings is 1. The molecule has 1 saturated heterocycles. The second kappa shape index (κ2) is 9.28. The van der Waals surface area contributed by atoms with Crippen molar-refractivity contribution >= 4 is 11.5 Å². The first kappa shape index (κ1) is 20.4. The number of nitrogens with zero attached hydrogens (tertiary/aromatic N) is 3. The summed E-state index contributed by atoms with van der Waals surface area (Å²) in [4.78, 5) is 19.7. The molecule has 2 aliphatic rings. The number of hydrogen-bond donors (Lipinski definition) is 1. The van der Waals surface area contributed by atoms with Gasteiger partial charge in [0.2, 0.25) is 5.95 Å². The summed E-state index contributed by atoms with van der Waals surface area (Å²) >= 11 is 0. The van der Waals surface area contributed by atoms with E-state index in [2.05, 4.69) is 23.2 Å². The maximum absolute atomic E-state index is 12.7. The van der Waals surface area contributed by atoms with Crippen LogP contribution in [0.1, 0.15) is 18.2 Å². The molecule has 4 rings (SSSR count). The molecule has 1 N–H and O–H groups in total. The van der Waals surface area contributed by atoms with E-state index in [1.54, 1.807) is 17.7 Å². The van der Waals surface area contributed by atoms with Gasteiger partial charge in [0, 0.05) is 25.7 Å². The summed E-state index contributed by atoms with van der Waals surface area (Å²) in [5.41, 5.74) is 2.69. The van der Waals surface area contributed by atoms with Crippen LogP contribution in [-0.2, 0) is 23.1 Å². The van der Waals surface area contributed by atoms with E-state index in [1.165, 1.54) is 0 Å². The molecule has 3 heterocycles. The summed E-state index contributed by atoms with van der Waals surface area (Å²) < 4.78 is 13.3. The van der Waals surface area contributed by atoms with Crippen LogP contribution >= 0.6 is 0 Å². The smallest absolute Gasteiger partial charge is 0.255 e. The lowest BCUT2D eigenvalue weighted by molar-refractivity contribution is 0.0380. The summed E-state index contributed by atoms with van der Waals surface area (Å²) in [6.07, 6.45) is 5.92. The number of anilines is 1. The van der Waals surface area contributed by atoms with Crippen LogP contribution in [0, 0.1) is 0 Å². The van der Waals surface area contributed by atoms with Gasteiger partial charge in [0.15, 0.2) is 0 Å². The number of ether oxygens (including phenoxy) is 2. The van der Waals surface area contributed by atoms with Crippen LogP contribution in [0.15, 0.2) is 59.5 Å². The maximum Gasteiger partial charge on any atom is 0.255 e. The third kappa shape index (κ3) is 4.63. The van der Waals surface area contributed by atoms with E-state index in [-0.39, 0.29) is 17.6 Å². The molecular weight excluding hydrogens is 380 g/mol. The van der Waals surface area contributed by atoms with Gasteiger partial charge < -0.3 is 19.7 Å². The molecule has 2 aliphatic heterocycles. The van der Waals surface area contributed by atoms with E-state index >= 15 is 0 Å². The van der Waals surface area contributed by atoms with Gasteiger partial charge in [-0.25, -0.2) is 4.98 Å². The number of nitrogens with one attached hydrogen (secondary N) is 1. The van der Waals surface area contributed by atoms with Gasteiger partial charge in [-0.1, -0.05) is 36.4 Å². The lowest BCUT2D eigenvalue weighted by atomic mass is 10.1. The van der Waals surface area contributed by atoms with Crippen LogP contribution in [0.2, 0.25) is 0 Å². The van der Waals surface area contributed by atoms with E-state index in [0.717, 1.165) is 11.1 Å². The van der Waals surface area contributed by atoms with Crippen molar-refractivity contribution < 1.29 is 9.47 Å². The Balaban J connectivity index is 1.55. The van der Waals surface area contributed by atoms with Gasteiger partial charge in [-0.15, -0.1) is 0 Å². The highest BCUT2D eigenvalue weighted by molar-refractivity contribution is 5.73. The standard InChI is InChI=1S/C23H28N4O3/c1-17-12-19(8-9-24-17)21-13-22(28)26(2)23(25-21)27-10-11-29-15-20(27)16-30-14-18-6-4-3-5-7-18/h3-9,12-13,17,20,24H,10-11,14-16H2,1-2H3/t17?,20-/m0/s1. The van der Waals surface area contributed by atoms with Crippen LogP contribution in [0.4, 0.5) is 5.95 Å². The van der Waals surface area contributed by atoms with Crippen molar-refractivity contribution in [3.8, 4) is 0 Å². The van der Waals surface area contributed by atoms with E-state index in [1.807, 2.05) is 42.6 Å². The Labute approximate surface area is 176 Å². The first-order chi connectivity index (χ1) is 14.6. The molecule has 1 aromatic carbocycles. The molecule has 1 fully saturated rings. The van der Waals surface area contributed by atoms with Gasteiger partial charge in [-0.3, -0.25) is 9.36 Å². The molecule has 30 heavy (non-hydrogen) atoms. The number of benzene rings is 1. The molecule has 0 aliphatic carbocycles. The molecule has 0 radical (unpaired) electrons. The monoisotopic (exact) mass is 408 g/mol. The van der Waals surface area contributed by atoms with Gasteiger partial charge >= 0.3 is 0 Å². The Kier molecular flexibility index (Phi) is 6.30. The lowest BCUT2D eigenvalue weighted by Gasteiger charge is -2.37. The number of rotatable bonds is 6. The highest BCUT2D eigenvalue weighted by atomic mass is 16.5. The van der Waals surface area contributed by atoms with Crippen LogP contribution in [0.3, 0.4) is 0 Å². The molecule has 0 amide bonds. The Morgan fingerprint density at radius 3 is 2.93 bits per heavy atom. The van der Waals surface area contributed by atoms with Gasteiger partial charge in [0.1, 0.15) is 0 Å². The van der Waals surface area contributed by atoms with Gasteiger partial charge in [-0.2, -0.15) is 0 Å². The predicted octanol–water partition coefficient (Wildman–Crippen LogP) is 2.09. The zero-order chi connectivity index (χ0) is 20.9. The first-order valence-electron chi connectivity index (χ1n) is 10.3. The molecule has 1 aromatic heterocycles. The fraction of sp³-hybridized carbons (Fsp3) is 0.391. The zero-order valence-corrected chi connectivity index (χ0v) is 17.5. The largest absolute Gasteiger partial charge is 0.385 e. The SMILES string of the molecule is CC1C=C(c2cc(=O)n(C)c(N3CCOC[C@H]3COCc3ccccc3)n2)C=CN1. The molecule has 0 saturated carbocycles. The number of aromatic nitrogens is 2. The summed E-state index contributed by atoms with van der Waals surface area (Å²) in [5, 5.41) is 3.22. The van der Waals surface area contributed by atoms with E-state index in [9.17, 15) is 4.79 Å². The minimum absolute atomic E-state index is 0.00715. The highest BCUT2D eigenvalue weighted by Crippen LogP contribution is 2.21. The van der Waals surface area contributed by atoms with Crippen LogP contribution in [-0.4, -0.2) is 48.0 Å². The van der Waals surface area contributed by atoms with Crippen molar-refractivity contribution in [3.63, 3.8) is 0 Å². The molecule has 7 nitrogen and oxygen atoms in total. The summed E-state index contributed by atoms with van der Waals surface area (Å²) in [7, 11) is 1.76. The average Bonchev–Trinajstić information content (AvgIpc) is 2.77. The van der Waals surface area contributed by atoms with Crippen molar-refractivity contribution in [2.24, 2.45) is 7.05 Å². The van der Waals surface area contributed by atoms with Gasteiger partial charge in [0.25, 0.3) is 5.56 Å². The van der Waals surface area contributed by atoms with Crippen molar-refractivity contribution in [2.75, 3.05) is 31.3 Å². The number of allylic oxidation sites excluding steroid dienone is 2. The first-order valence-corrected chi connectivity index (χ1v) is 10.3. The third-order valence-electron chi connectivity index (χ3n) is 5.36. The maximum atomic E-state index is 12.7. The quantitative estimate of drug-likeness (QED) is 0.790. The van der Waals surface area contributed by atoms with Gasteiger partial charge in [0.05, 0.1) is 38.2 Å². The molecule has 2 atom stereocenters. The average molecular weight is 409 g/mol. The topological polar surface area (TPSA) is 68.6 Å². The van der Waals surface area contributed by atoms with Crippen molar-refractivity contribution in [3.05, 3.63) is 76.4 Å². The van der Waals surface area contributed by atoms with Crippen molar-refractivity contribution in [1.82, 2.24) is 14.9 Å². The van der Waals surface area contributed by atoms with Gasteiger partial charge in [-0.05, 0) is 30.3 Å². The van der Waals surface area contributed by atoms with E-state index in [4.69, 9.17) is 14.5 Å². The number of dihydropyridines is 1. The molecule has 158 valence electrons. The Morgan fingerprint density at radius 2 is 2.13 bits per heavy atom. The predicted molar refractivity (Wildman–Crippen MR) is 117 cm³/mol. The molecule has 0 bridgehead atoms. The van der Waals surface area contributed by atoms with Crippen LogP contribution in [0.5, 0.6) is 0 Å². The Hall–Kier alpha value is -2.90. The van der Waals surface area contributed by atoms with Crippen LogP contribution < -0.4 is 15.8 Å². The third-order valence-corrected chi connectivity index (χ3v) is 5.36. The lowest BCUT2D eigenvalue weighted by Crippen LogP contribution is -2.50. The molecular formula is C23H28N4O3. The Morgan fingerprint density at radius 1 is 1.30 bits per heavy atom. The molecule has 0 spiro atoms. The Bertz CT molecular complexity index is 984. The van der Waals surface area contributed by atoms with Crippen molar-refractivity contribution in [2.45, 2.75) is 25.6 Å². The second-order valence-electron chi connectivity index (χ2n) is 7.67. The summed E-state index contributed by atoms with van der Waals surface area (Å²) in [6.45, 7) is 4.90. The van der Waals surface area contributed by atoms with E-state index < -0.39 is 0 Å². The minimum atomic E-state index is -0.0778. The second-order valence-corrected chi connectivity index (χ2v) is 7.67. The molecule has 1 unspecified atom stereocenters. The number of hydrogen-bond acceptors (Lipinski definition) is 6. The highest BCUT2D eigenvalue weighted by Gasteiger charge is 2.27. The fourth-order valence-electron chi connectivity index (χ4n) is 3.71. The minimum Gasteiger partial charge on any atom is -0.385 e. The molecule has 2 aromatic rings. The molecule has 7 heteroatoms. The van der Waals surface area contributed by atoms with E-state index in [0.29, 0.717) is 44.6 Å². The van der Waals surface area contributed by atoms with Crippen LogP contribution in [0.25, 0.3) is 5.57 Å².